The summed E-state index contributed by atoms with van der Waals surface area (Å²) in [6.45, 7) is 1.78. The molecule has 0 aliphatic carbocycles. The second kappa shape index (κ2) is 9.43. The Morgan fingerprint density at radius 2 is 1.42 bits per heavy atom. The quantitative estimate of drug-likeness (QED) is 0.308. The number of fused-ring (bicyclic) bond motifs is 1. The van der Waals surface area contributed by atoms with Crippen LogP contribution in [0.25, 0.3) is 22.2 Å². The SMILES string of the molecule is Cc1ccc(S(=O)(=O)N(c2ccc3oc(=O)c(-c4ccccn4)cc3c2)S(=O)(=O)c2ccc(O)cc2)cc1. The molecule has 0 atom stereocenters. The maximum Gasteiger partial charge on any atom is 0.345 e. The number of hydrogen-bond donors (Lipinski definition) is 1. The molecule has 0 unspecified atom stereocenters. The van der Waals surface area contributed by atoms with E-state index in [-0.39, 0.29) is 37.8 Å². The lowest BCUT2D eigenvalue weighted by Gasteiger charge is -2.24. The van der Waals surface area contributed by atoms with Crippen LogP contribution in [-0.4, -0.2) is 26.9 Å². The van der Waals surface area contributed by atoms with Crippen LogP contribution in [0.5, 0.6) is 5.75 Å². The normalized spacial score (nSPS) is 11.9. The van der Waals surface area contributed by atoms with E-state index in [1.807, 2.05) is 0 Å². The number of nitrogens with zero attached hydrogens (tertiary/aromatic N) is 2. The van der Waals surface area contributed by atoms with E-state index in [9.17, 15) is 26.7 Å². The Balaban J connectivity index is 1.75. The van der Waals surface area contributed by atoms with Crippen LogP contribution in [0.3, 0.4) is 0 Å². The number of phenols is 1. The van der Waals surface area contributed by atoms with Crippen LogP contribution in [-0.2, 0) is 20.0 Å². The van der Waals surface area contributed by atoms with Crippen molar-refractivity contribution in [3.8, 4) is 17.0 Å². The third kappa shape index (κ3) is 4.53. The molecule has 0 aliphatic rings. The van der Waals surface area contributed by atoms with E-state index in [2.05, 4.69) is 4.98 Å². The molecule has 11 heteroatoms. The van der Waals surface area contributed by atoms with Gasteiger partial charge < -0.3 is 9.52 Å². The topological polar surface area (TPSA) is 135 Å². The van der Waals surface area contributed by atoms with Crippen LogP contribution >= 0.6 is 0 Å². The van der Waals surface area contributed by atoms with Gasteiger partial charge in [-0.15, -0.1) is 0 Å². The van der Waals surface area contributed by atoms with Gasteiger partial charge in [0.15, 0.2) is 0 Å². The van der Waals surface area contributed by atoms with Crippen molar-refractivity contribution < 1.29 is 26.4 Å². The summed E-state index contributed by atoms with van der Waals surface area (Å²) in [5.74, 6) is -0.181. The average Bonchev–Trinajstić information content (AvgIpc) is 2.89. The second-order valence-corrected chi connectivity index (χ2v) is 12.2. The number of aromatic hydroxyl groups is 1. The van der Waals surface area contributed by atoms with Gasteiger partial charge in [0, 0.05) is 11.6 Å². The lowest BCUT2D eigenvalue weighted by Crippen LogP contribution is -2.37. The van der Waals surface area contributed by atoms with Crippen LogP contribution < -0.4 is 9.34 Å². The van der Waals surface area contributed by atoms with Gasteiger partial charge in [-0.2, -0.15) is 3.71 Å². The molecule has 0 spiro atoms. The molecule has 38 heavy (non-hydrogen) atoms. The number of rotatable bonds is 6. The summed E-state index contributed by atoms with van der Waals surface area (Å²) in [6, 6.07) is 20.7. The second-order valence-electron chi connectivity index (χ2n) is 8.40. The summed E-state index contributed by atoms with van der Waals surface area (Å²) in [5, 5.41) is 9.92. The summed E-state index contributed by atoms with van der Waals surface area (Å²) in [4.78, 5) is 16.1. The highest BCUT2D eigenvalue weighted by Crippen LogP contribution is 2.34. The molecule has 0 aliphatic heterocycles. The molecule has 0 amide bonds. The molecular weight excluding hydrogens is 528 g/mol. The number of pyridine rings is 1. The molecule has 2 heterocycles. The molecular formula is C27H20N2O7S2. The fourth-order valence-electron chi connectivity index (χ4n) is 3.85. The first-order valence-electron chi connectivity index (χ1n) is 11.2. The molecule has 0 radical (unpaired) electrons. The third-order valence-corrected chi connectivity index (χ3v) is 9.97. The maximum absolute atomic E-state index is 13.8. The number of phenolic OH excluding ortho intramolecular Hbond substituents is 1. The predicted molar refractivity (Wildman–Crippen MR) is 142 cm³/mol. The Morgan fingerprint density at radius 1 is 0.789 bits per heavy atom. The van der Waals surface area contributed by atoms with Crippen molar-refractivity contribution in [2.45, 2.75) is 16.7 Å². The van der Waals surface area contributed by atoms with Crippen molar-refractivity contribution in [3.63, 3.8) is 0 Å². The van der Waals surface area contributed by atoms with E-state index in [1.165, 1.54) is 42.6 Å². The van der Waals surface area contributed by atoms with Crippen molar-refractivity contribution in [1.82, 2.24) is 4.98 Å². The summed E-state index contributed by atoms with van der Waals surface area (Å²) < 4.78 is 61.0. The minimum Gasteiger partial charge on any atom is -0.508 e. The van der Waals surface area contributed by atoms with E-state index in [4.69, 9.17) is 4.42 Å². The van der Waals surface area contributed by atoms with Gasteiger partial charge in [0.25, 0.3) is 20.0 Å². The first kappa shape index (κ1) is 25.2. The number of aromatic nitrogens is 1. The highest BCUT2D eigenvalue weighted by molar-refractivity contribution is 8.10. The van der Waals surface area contributed by atoms with E-state index in [0.29, 0.717) is 9.40 Å². The maximum atomic E-state index is 13.8. The van der Waals surface area contributed by atoms with Crippen molar-refractivity contribution >= 4 is 36.7 Å². The smallest absolute Gasteiger partial charge is 0.345 e. The van der Waals surface area contributed by atoms with Crippen LogP contribution in [0.4, 0.5) is 5.69 Å². The van der Waals surface area contributed by atoms with Crippen LogP contribution in [0, 0.1) is 6.92 Å². The van der Waals surface area contributed by atoms with Gasteiger partial charge in [0.1, 0.15) is 11.3 Å². The molecule has 5 aromatic rings. The molecule has 1 N–H and O–H groups in total. The highest BCUT2D eigenvalue weighted by Gasteiger charge is 2.37. The standard InChI is InChI=1S/C27H20N2O7S2/c1-18-5-10-22(11-6-18)37(32,33)29(38(34,35)23-12-8-21(30)9-13-23)20-7-14-26-19(16-20)17-24(27(31)36-26)25-4-2-3-15-28-25/h2-17,30H,1H3. The molecule has 0 saturated heterocycles. The van der Waals surface area contributed by atoms with E-state index in [1.54, 1.807) is 37.3 Å². The van der Waals surface area contributed by atoms with Crippen LogP contribution in [0.1, 0.15) is 5.56 Å². The molecule has 0 bridgehead atoms. The largest absolute Gasteiger partial charge is 0.508 e. The van der Waals surface area contributed by atoms with Crippen LogP contribution in [0.15, 0.2) is 116 Å². The Bertz CT molecular complexity index is 1840. The zero-order chi connectivity index (χ0) is 27.1. The fourth-order valence-corrected chi connectivity index (χ4v) is 7.53. The minimum absolute atomic E-state index is 0.129. The third-order valence-electron chi connectivity index (χ3n) is 5.76. The van der Waals surface area contributed by atoms with Crippen LogP contribution in [0.2, 0.25) is 0 Å². The number of sulfonamides is 2. The Labute approximate surface area is 218 Å². The van der Waals surface area contributed by atoms with Gasteiger partial charge in [-0.25, -0.2) is 21.6 Å². The summed E-state index contributed by atoms with van der Waals surface area (Å²) in [6.07, 6.45) is 1.51. The van der Waals surface area contributed by atoms with E-state index in [0.717, 1.165) is 29.8 Å². The first-order valence-corrected chi connectivity index (χ1v) is 14.1. The zero-order valence-electron chi connectivity index (χ0n) is 19.8. The Hall–Kier alpha value is -4.48. The first-order chi connectivity index (χ1) is 18.1. The number of hydrogen-bond acceptors (Lipinski definition) is 8. The molecule has 0 saturated carbocycles. The lowest BCUT2D eigenvalue weighted by atomic mass is 10.1. The molecule has 2 aromatic heterocycles. The average molecular weight is 549 g/mol. The molecule has 192 valence electrons. The molecule has 9 nitrogen and oxygen atoms in total. The summed E-state index contributed by atoms with van der Waals surface area (Å²) >= 11 is 0. The van der Waals surface area contributed by atoms with Crippen molar-refractivity contribution in [2.24, 2.45) is 0 Å². The molecule has 0 fully saturated rings. The van der Waals surface area contributed by atoms with Gasteiger partial charge in [0.2, 0.25) is 0 Å². The summed E-state index contributed by atoms with van der Waals surface area (Å²) in [5.41, 5.74) is 0.545. The number of benzene rings is 3. The van der Waals surface area contributed by atoms with Gasteiger partial charge >= 0.3 is 5.63 Å². The monoisotopic (exact) mass is 548 g/mol. The van der Waals surface area contributed by atoms with Crippen molar-refractivity contribution in [1.29, 1.82) is 0 Å². The highest BCUT2D eigenvalue weighted by atomic mass is 32.3. The summed E-state index contributed by atoms with van der Waals surface area (Å²) in [7, 11) is -9.34. The van der Waals surface area contributed by atoms with Gasteiger partial charge in [-0.3, -0.25) is 4.98 Å². The number of anilines is 1. The van der Waals surface area contributed by atoms with Gasteiger partial charge in [-0.05, 0) is 79.7 Å². The van der Waals surface area contributed by atoms with Gasteiger partial charge in [0.05, 0.1) is 26.7 Å². The van der Waals surface area contributed by atoms with Gasteiger partial charge in [-0.1, -0.05) is 23.8 Å². The minimum atomic E-state index is -4.70. The van der Waals surface area contributed by atoms with Crippen molar-refractivity contribution in [3.05, 3.63) is 113 Å². The Kier molecular flexibility index (Phi) is 6.25. The zero-order valence-corrected chi connectivity index (χ0v) is 21.5. The van der Waals surface area contributed by atoms with E-state index < -0.39 is 25.7 Å². The van der Waals surface area contributed by atoms with E-state index >= 15 is 0 Å². The fraction of sp³-hybridized carbons (Fsp3) is 0.0370. The lowest BCUT2D eigenvalue weighted by molar-refractivity contribution is 0.475. The molecule has 5 rings (SSSR count). The van der Waals surface area contributed by atoms with Crippen molar-refractivity contribution in [2.75, 3.05) is 3.71 Å². The Morgan fingerprint density at radius 3 is 2.03 bits per heavy atom. The number of aryl methyl sites for hydroxylation is 1. The molecule has 3 aromatic carbocycles. The predicted octanol–water partition coefficient (Wildman–Crippen LogP) is 4.45.